The molecule has 2 nitrogen and oxygen atoms in total. The third-order valence-corrected chi connectivity index (χ3v) is 3.02. The number of benzene rings is 1. The molecule has 0 amide bonds. The van der Waals surface area contributed by atoms with Gasteiger partial charge in [-0.15, -0.1) is 0 Å². The first-order valence-corrected chi connectivity index (χ1v) is 6.01. The van der Waals surface area contributed by atoms with E-state index in [4.69, 9.17) is 0 Å². The van der Waals surface area contributed by atoms with Gasteiger partial charge in [0.1, 0.15) is 0 Å². The van der Waals surface area contributed by atoms with Crippen molar-refractivity contribution in [1.82, 2.24) is 5.32 Å². The Bertz CT molecular complexity index is 297. The van der Waals surface area contributed by atoms with Crippen LogP contribution in [0.2, 0.25) is 0 Å². The molecule has 16 heavy (non-hydrogen) atoms. The molecule has 1 rings (SSSR count). The number of aliphatic hydroxyl groups is 1. The molecular weight excluding hydrogens is 198 g/mol. The molecule has 1 aromatic rings. The molecule has 0 saturated carbocycles. The smallest absolute Gasteiger partial charge is 0.0830 e. The summed E-state index contributed by atoms with van der Waals surface area (Å²) in [7, 11) is 0. The molecular formula is C14H23NO. The molecule has 0 aliphatic carbocycles. The minimum Gasteiger partial charge on any atom is -0.388 e. The Morgan fingerprint density at radius 1 is 1.00 bits per heavy atom. The highest BCUT2D eigenvalue weighted by molar-refractivity contribution is 5.18. The Balaban J connectivity index is 2.63. The Labute approximate surface area is 98.7 Å². The van der Waals surface area contributed by atoms with E-state index in [9.17, 15) is 5.11 Å². The molecule has 0 spiro atoms. The van der Waals surface area contributed by atoms with Crippen LogP contribution in [-0.2, 0) is 0 Å². The lowest BCUT2D eigenvalue weighted by Gasteiger charge is -2.27. The van der Waals surface area contributed by atoms with Crippen molar-refractivity contribution in [1.29, 1.82) is 0 Å². The van der Waals surface area contributed by atoms with Gasteiger partial charge in [-0.2, -0.15) is 0 Å². The Morgan fingerprint density at radius 3 is 2.06 bits per heavy atom. The van der Waals surface area contributed by atoms with E-state index in [1.807, 2.05) is 30.3 Å². The number of aliphatic hydroxyl groups excluding tert-OH is 1. The lowest BCUT2D eigenvalue weighted by atomic mass is 9.91. The molecule has 2 N–H and O–H groups in total. The van der Waals surface area contributed by atoms with Crippen molar-refractivity contribution in [2.45, 2.75) is 45.9 Å². The topological polar surface area (TPSA) is 32.3 Å². The quantitative estimate of drug-likeness (QED) is 0.801. The third-order valence-electron chi connectivity index (χ3n) is 3.02. The van der Waals surface area contributed by atoms with Crippen LogP contribution in [0.4, 0.5) is 0 Å². The summed E-state index contributed by atoms with van der Waals surface area (Å²) in [6, 6.07) is 10.6. The van der Waals surface area contributed by atoms with E-state index in [2.05, 4.69) is 33.0 Å². The van der Waals surface area contributed by atoms with Gasteiger partial charge in [0, 0.05) is 18.0 Å². The minimum atomic E-state index is -0.401. The highest BCUT2D eigenvalue weighted by atomic mass is 16.3. The number of hydrogen-bond acceptors (Lipinski definition) is 2. The van der Waals surface area contributed by atoms with Gasteiger partial charge in [-0.25, -0.2) is 0 Å². The molecule has 1 aromatic carbocycles. The molecule has 2 heteroatoms. The van der Waals surface area contributed by atoms with Crippen LogP contribution in [0.5, 0.6) is 0 Å². The first kappa shape index (κ1) is 13.2. The predicted octanol–water partition coefficient (Wildman–Crippen LogP) is 2.74. The molecule has 0 radical (unpaired) electrons. The summed E-state index contributed by atoms with van der Waals surface area (Å²) in [6.07, 6.45) is -0.401. The summed E-state index contributed by atoms with van der Waals surface area (Å²) in [5.74, 6) is 0.199. The van der Waals surface area contributed by atoms with Crippen molar-refractivity contribution in [2.75, 3.05) is 0 Å². The van der Waals surface area contributed by atoms with Gasteiger partial charge >= 0.3 is 0 Å². The van der Waals surface area contributed by atoms with Crippen LogP contribution in [-0.4, -0.2) is 17.2 Å². The summed E-state index contributed by atoms with van der Waals surface area (Å²) >= 11 is 0. The molecule has 0 bridgehead atoms. The van der Waals surface area contributed by atoms with Crippen molar-refractivity contribution >= 4 is 0 Å². The van der Waals surface area contributed by atoms with Gasteiger partial charge in [0.15, 0.2) is 0 Å². The Kier molecular flexibility index (Phi) is 4.97. The highest BCUT2D eigenvalue weighted by Crippen LogP contribution is 2.24. The second kappa shape index (κ2) is 6.02. The first-order chi connectivity index (χ1) is 7.52. The van der Waals surface area contributed by atoms with Crippen LogP contribution in [0, 0.1) is 5.92 Å². The van der Waals surface area contributed by atoms with Gasteiger partial charge in [-0.3, -0.25) is 0 Å². The molecule has 0 aliphatic heterocycles. The number of rotatable bonds is 5. The van der Waals surface area contributed by atoms with Crippen LogP contribution in [0.15, 0.2) is 30.3 Å². The van der Waals surface area contributed by atoms with Crippen molar-refractivity contribution < 1.29 is 5.11 Å². The summed E-state index contributed by atoms with van der Waals surface area (Å²) in [4.78, 5) is 0. The van der Waals surface area contributed by atoms with Gasteiger partial charge in [-0.05, 0) is 12.5 Å². The van der Waals surface area contributed by atoms with Gasteiger partial charge in [0.05, 0.1) is 6.10 Å². The normalized spacial score (nSPS) is 17.1. The molecule has 90 valence electrons. The van der Waals surface area contributed by atoms with Gasteiger partial charge in [-0.1, -0.05) is 51.1 Å². The zero-order valence-electron chi connectivity index (χ0n) is 10.6. The van der Waals surface area contributed by atoms with Gasteiger partial charge < -0.3 is 10.4 Å². The summed E-state index contributed by atoms with van der Waals surface area (Å²) in [5.41, 5.74) is 0.993. The van der Waals surface area contributed by atoms with E-state index in [0.29, 0.717) is 12.1 Å². The molecule has 0 aromatic heterocycles. The molecule has 3 atom stereocenters. The highest BCUT2D eigenvalue weighted by Gasteiger charge is 2.22. The maximum Gasteiger partial charge on any atom is 0.0830 e. The van der Waals surface area contributed by atoms with Crippen LogP contribution < -0.4 is 5.32 Å². The second-order valence-electron chi connectivity index (χ2n) is 4.82. The van der Waals surface area contributed by atoms with Crippen molar-refractivity contribution in [2.24, 2.45) is 5.92 Å². The van der Waals surface area contributed by atoms with Crippen LogP contribution >= 0.6 is 0 Å². The van der Waals surface area contributed by atoms with Crippen LogP contribution in [0.3, 0.4) is 0 Å². The molecule has 0 saturated heterocycles. The zero-order valence-corrected chi connectivity index (χ0v) is 10.6. The molecule has 0 aliphatic rings. The number of hydrogen-bond donors (Lipinski definition) is 2. The summed E-state index contributed by atoms with van der Waals surface area (Å²) in [5, 5.41) is 13.7. The maximum absolute atomic E-state index is 10.2. The van der Waals surface area contributed by atoms with E-state index in [-0.39, 0.29) is 5.92 Å². The van der Waals surface area contributed by atoms with Gasteiger partial charge in [0.25, 0.3) is 0 Å². The van der Waals surface area contributed by atoms with E-state index in [1.54, 1.807) is 0 Å². The average molecular weight is 221 g/mol. The van der Waals surface area contributed by atoms with Crippen molar-refractivity contribution in [3.05, 3.63) is 35.9 Å². The lowest BCUT2D eigenvalue weighted by molar-refractivity contribution is 0.0958. The average Bonchev–Trinajstić information content (AvgIpc) is 2.27. The van der Waals surface area contributed by atoms with Crippen LogP contribution in [0.1, 0.15) is 39.4 Å². The SMILES string of the molecule is CC(C)NC(C)C(C)C(O)c1ccccc1. The second-order valence-corrected chi connectivity index (χ2v) is 4.82. The fourth-order valence-electron chi connectivity index (χ4n) is 1.90. The van der Waals surface area contributed by atoms with E-state index >= 15 is 0 Å². The maximum atomic E-state index is 10.2. The Morgan fingerprint density at radius 2 is 1.56 bits per heavy atom. The minimum absolute atomic E-state index is 0.199. The predicted molar refractivity (Wildman–Crippen MR) is 68.3 cm³/mol. The lowest BCUT2D eigenvalue weighted by Crippen LogP contribution is -2.39. The van der Waals surface area contributed by atoms with E-state index in [1.165, 1.54) is 0 Å². The largest absolute Gasteiger partial charge is 0.388 e. The molecule has 0 heterocycles. The summed E-state index contributed by atoms with van der Waals surface area (Å²) in [6.45, 7) is 8.45. The van der Waals surface area contributed by atoms with E-state index < -0.39 is 6.10 Å². The van der Waals surface area contributed by atoms with Crippen molar-refractivity contribution in [3.63, 3.8) is 0 Å². The standard InChI is InChI=1S/C14H23NO/c1-10(2)15-12(4)11(3)14(16)13-8-6-5-7-9-13/h5-12,14-16H,1-4H3. The fourth-order valence-corrected chi connectivity index (χ4v) is 1.90. The third kappa shape index (κ3) is 3.62. The number of nitrogens with one attached hydrogen (secondary N) is 1. The van der Waals surface area contributed by atoms with Crippen molar-refractivity contribution in [3.8, 4) is 0 Å². The monoisotopic (exact) mass is 221 g/mol. The van der Waals surface area contributed by atoms with E-state index in [0.717, 1.165) is 5.56 Å². The zero-order chi connectivity index (χ0) is 12.1. The first-order valence-electron chi connectivity index (χ1n) is 6.01. The molecule has 0 fully saturated rings. The Hall–Kier alpha value is -0.860. The summed E-state index contributed by atoms with van der Waals surface area (Å²) < 4.78 is 0. The van der Waals surface area contributed by atoms with Crippen LogP contribution in [0.25, 0.3) is 0 Å². The van der Waals surface area contributed by atoms with Gasteiger partial charge in [0.2, 0.25) is 0 Å². The molecule has 3 unspecified atom stereocenters. The fraction of sp³-hybridized carbons (Fsp3) is 0.571.